The molecule has 2 aliphatic rings. The Morgan fingerprint density at radius 1 is 0.973 bits per heavy atom. The molecule has 0 bridgehead atoms. The lowest BCUT2D eigenvalue weighted by Gasteiger charge is -2.26. The molecule has 37 heavy (non-hydrogen) atoms. The fourth-order valence-electron chi connectivity index (χ4n) is 5.22. The van der Waals surface area contributed by atoms with E-state index in [1.165, 1.54) is 5.56 Å². The van der Waals surface area contributed by atoms with Crippen molar-refractivity contribution in [1.29, 1.82) is 0 Å². The van der Waals surface area contributed by atoms with Crippen molar-refractivity contribution in [2.24, 2.45) is 0 Å². The van der Waals surface area contributed by atoms with Gasteiger partial charge in [0.25, 0.3) is 0 Å². The summed E-state index contributed by atoms with van der Waals surface area (Å²) in [5.74, 6) is 2.53. The van der Waals surface area contributed by atoms with Crippen LogP contribution in [0, 0.1) is 13.8 Å². The molecule has 0 spiro atoms. The summed E-state index contributed by atoms with van der Waals surface area (Å²) in [6, 6.07) is 18.4. The molecule has 0 radical (unpaired) electrons. The maximum atomic E-state index is 10.9. The summed E-state index contributed by atoms with van der Waals surface area (Å²) < 4.78 is 23.5. The van der Waals surface area contributed by atoms with E-state index in [-0.39, 0.29) is 18.1 Å². The molecule has 0 saturated carbocycles. The van der Waals surface area contributed by atoms with Gasteiger partial charge in [-0.1, -0.05) is 24.3 Å². The highest BCUT2D eigenvalue weighted by Crippen LogP contribution is 2.38. The number of ether oxygens (including phenoxy) is 4. The Kier molecular flexibility index (Phi) is 7.77. The van der Waals surface area contributed by atoms with E-state index in [0.29, 0.717) is 32.8 Å². The number of fused-ring (bicyclic) bond motifs is 1. The van der Waals surface area contributed by atoms with Crippen LogP contribution in [0.1, 0.15) is 47.4 Å². The van der Waals surface area contributed by atoms with E-state index >= 15 is 0 Å². The first-order valence-corrected chi connectivity index (χ1v) is 13.0. The molecule has 0 aliphatic carbocycles. The molecule has 1 unspecified atom stereocenters. The van der Waals surface area contributed by atoms with Crippen molar-refractivity contribution < 1.29 is 28.8 Å². The molecule has 1 N–H and O–H groups in total. The Balaban J connectivity index is 1.24. The Hall–Kier alpha value is -3.35. The first kappa shape index (κ1) is 25.3. The van der Waals surface area contributed by atoms with Gasteiger partial charge in [0, 0.05) is 24.0 Å². The molecule has 1 fully saturated rings. The molecule has 0 amide bonds. The van der Waals surface area contributed by atoms with Crippen LogP contribution in [0.2, 0.25) is 0 Å². The van der Waals surface area contributed by atoms with E-state index in [1.54, 1.807) is 0 Å². The quantitative estimate of drug-likeness (QED) is 0.388. The Labute approximate surface area is 218 Å². The summed E-state index contributed by atoms with van der Waals surface area (Å²) in [5, 5.41) is 9.61. The zero-order valence-electron chi connectivity index (χ0n) is 21.4. The summed E-state index contributed by atoms with van der Waals surface area (Å²) in [6.07, 6.45) is 2.66. The first-order valence-electron chi connectivity index (χ1n) is 13.0. The third-order valence-electron chi connectivity index (χ3n) is 7.16. The highest BCUT2D eigenvalue weighted by atomic mass is 16.5. The summed E-state index contributed by atoms with van der Waals surface area (Å²) in [6.45, 7) is 6.07. The van der Waals surface area contributed by atoms with Crippen LogP contribution in [-0.4, -0.2) is 43.4 Å². The smallest absolute Gasteiger partial charge is 0.126 e. The van der Waals surface area contributed by atoms with Gasteiger partial charge in [0.15, 0.2) is 0 Å². The van der Waals surface area contributed by atoms with E-state index in [1.807, 2.05) is 18.2 Å². The molecule has 6 heteroatoms. The number of rotatable bonds is 9. The average Bonchev–Trinajstić information content (AvgIpc) is 3.29. The molecule has 194 valence electrons. The van der Waals surface area contributed by atoms with Gasteiger partial charge in [-0.15, -0.1) is 0 Å². The lowest BCUT2D eigenvalue weighted by atomic mass is 9.94. The second-order valence-corrected chi connectivity index (χ2v) is 10.0. The van der Waals surface area contributed by atoms with Crippen molar-refractivity contribution in [3.63, 3.8) is 0 Å². The number of aryl methyl sites for hydroxylation is 2. The highest BCUT2D eigenvalue weighted by molar-refractivity contribution is 5.72. The van der Waals surface area contributed by atoms with Gasteiger partial charge in [-0.3, -0.25) is 0 Å². The SMILES string of the molecule is Cc1cc(OC[C@H]2CC[C@H](O)CO2)cc(C)c1-c1cccc(COc2ccc3c(c2)OCC3CC=O)c1. The number of aliphatic hydroxyl groups excluding tert-OH is 1. The van der Waals surface area contributed by atoms with Gasteiger partial charge in [-0.25, -0.2) is 0 Å². The largest absolute Gasteiger partial charge is 0.492 e. The van der Waals surface area contributed by atoms with Crippen molar-refractivity contribution >= 4 is 6.29 Å². The monoisotopic (exact) mass is 502 g/mol. The topological polar surface area (TPSA) is 74.2 Å². The number of carbonyl (C=O) groups excluding carboxylic acids is 1. The molecule has 5 rings (SSSR count). The van der Waals surface area contributed by atoms with E-state index in [0.717, 1.165) is 64.2 Å². The van der Waals surface area contributed by atoms with Gasteiger partial charge in [-0.05, 0) is 78.8 Å². The van der Waals surface area contributed by atoms with Crippen molar-refractivity contribution in [3.8, 4) is 28.4 Å². The molecule has 3 aromatic rings. The zero-order chi connectivity index (χ0) is 25.8. The Morgan fingerprint density at radius 3 is 2.57 bits per heavy atom. The molecule has 1 saturated heterocycles. The fraction of sp³-hybridized carbons (Fsp3) is 0.387. The van der Waals surface area contributed by atoms with Crippen molar-refractivity contribution in [2.75, 3.05) is 19.8 Å². The van der Waals surface area contributed by atoms with E-state index in [2.05, 4.69) is 50.2 Å². The van der Waals surface area contributed by atoms with Crippen LogP contribution in [0.25, 0.3) is 11.1 Å². The van der Waals surface area contributed by atoms with Crippen molar-refractivity contribution in [3.05, 3.63) is 76.9 Å². The van der Waals surface area contributed by atoms with Crippen LogP contribution in [-0.2, 0) is 16.1 Å². The lowest BCUT2D eigenvalue weighted by Crippen LogP contribution is -2.33. The third-order valence-corrected chi connectivity index (χ3v) is 7.16. The van der Waals surface area contributed by atoms with E-state index < -0.39 is 0 Å². The van der Waals surface area contributed by atoms with E-state index in [9.17, 15) is 9.90 Å². The minimum absolute atomic E-state index is 0.0235. The normalized spacial score (nSPS) is 20.7. The predicted octanol–water partition coefficient (Wildman–Crippen LogP) is 5.53. The van der Waals surface area contributed by atoms with Crippen LogP contribution < -0.4 is 14.2 Å². The Morgan fingerprint density at radius 2 is 1.81 bits per heavy atom. The third kappa shape index (κ3) is 5.97. The molecular weight excluding hydrogens is 468 g/mol. The molecule has 3 atom stereocenters. The van der Waals surface area contributed by atoms with Gasteiger partial charge in [0.2, 0.25) is 0 Å². The van der Waals surface area contributed by atoms with Gasteiger partial charge in [-0.2, -0.15) is 0 Å². The van der Waals surface area contributed by atoms with Gasteiger partial charge < -0.3 is 28.8 Å². The molecule has 6 nitrogen and oxygen atoms in total. The van der Waals surface area contributed by atoms with E-state index in [4.69, 9.17) is 18.9 Å². The van der Waals surface area contributed by atoms with Crippen LogP contribution in [0.3, 0.4) is 0 Å². The van der Waals surface area contributed by atoms with Gasteiger partial charge in [0.1, 0.15) is 36.7 Å². The van der Waals surface area contributed by atoms with Crippen molar-refractivity contribution in [1.82, 2.24) is 0 Å². The predicted molar refractivity (Wildman–Crippen MR) is 142 cm³/mol. The second-order valence-electron chi connectivity index (χ2n) is 10.0. The zero-order valence-corrected chi connectivity index (χ0v) is 21.4. The van der Waals surface area contributed by atoms with Crippen LogP contribution in [0.5, 0.6) is 17.2 Å². The summed E-state index contributed by atoms with van der Waals surface area (Å²) in [5.41, 5.74) is 6.78. The number of benzene rings is 3. The molecule has 3 aromatic carbocycles. The molecular formula is C31H34O6. The standard InChI is InChI=1S/C31H34O6/c1-20-12-28(36-19-27-7-6-25(33)18-35-27)13-21(2)31(20)23-5-3-4-22(14-23)16-34-26-8-9-29-24(10-11-32)17-37-30(29)15-26/h3-5,8-9,11-15,24-25,27,33H,6-7,10,16-19H2,1-2H3/t24?,25-,27+/m0/s1. The second kappa shape index (κ2) is 11.4. The molecule has 2 heterocycles. The number of hydrogen-bond donors (Lipinski definition) is 1. The highest BCUT2D eigenvalue weighted by Gasteiger charge is 2.24. The molecule has 0 aromatic heterocycles. The van der Waals surface area contributed by atoms with Gasteiger partial charge in [0.05, 0.1) is 25.4 Å². The van der Waals surface area contributed by atoms with Crippen LogP contribution >= 0.6 is 0 Å². The number of aliphatic hydroxyl groups is 1. The van der Waals surface area contributed by atoms with Gasteiger partial charge >= 0.3 is 0 Å². The summed E-state index contributed by atoms with van der Waals surface area (Å²) in [4.78, 5) is 10.9. The maximum Gasteiger partial charge on any atom is 0.126 e. The maximum absolute atomic E-state index is 10.9. The first-order chi connectivity index (χ1) is 18.0. The number of hydrogen-bond acceptors (Lipinski definition) is 6. The minimum Gasteiger partial charge on any atom is -0.492 e. The fourth-order valence-corrected chi connectivity index (χ4v) is 5.22. The Bertz CT molecular complexity index is 1220. The average molecular weight is 503 g/mol. The number of carbonyl (C=O) groups is 1. The lowest BCUT2D eigenvalue weighted by molar-refractivity contribution is -0.108. The minimum atomic E-state index is -0.356. The van der Waals surface area contributed by atoms with Crippen molar-refractivity contribution in [2.45, 2.75) is 57.8 Å². The molecule has 2 aliphatic heterocycles. The summed E-state index contributed by atoms with van der Waals surface area (Å²) >= 11 is 0. The van der Waals surface area contributed by atoms with Crippen LogP contribution in [0.15, 0.2) is 54.6 Å². The summed E-state index contributed by atoms with van der Waals surface area (Å²) in [7, 11) is 0. The van der Waals surface area contributed by atoms with Crippen LogP contribution in [0.4, 0.5) is 0 Å². The number of aldehydes is 1.